The van der Waals surface area contributed by atoms with Crippen molar-refractivity contribution in [3.05, 3.63) is 71.4 Å². The van der Waals surface area contributed by atoms with Crippen LogP contribution < -0.4 is 10.4 Å². The Labute approximate surface area is 122 Å². The molecule has 1 aromatic heterocycles. The van der Waals surface area contributed by atoms with Crippen molar-refractivity contribution < 1.29 is 4.68 Å². The Morgan fingerprint density at radius 2 is 1.50 bits per heavy atom. The highest BCUT2D eigenvalue weighted by molar-refractivity contribution is 7.71. The van der Waals surface area contributed by atoms with Gasteiger partial charge in [-0.2, -0.15) is 0 Å². The maximum absolute atomic E-state index is 5.96. The first-order valence-electron chi connectivity index (χ1n) is 6.31. The van der Waals surface area contributed by atoms with Crippen molar-refractivity contribution in [2.24, 2.45) is 0 Å². The fraction of sp³-hybridized carbons (Fsp3) is 0. The molecule has 3 nitrogen and oxygen atoms in total. The van der Waals surface area contributed by atoms with E-state index >= 15 is 0 Å². The van der Waals surface area contributed by atoms with E-state index in [4.69, 9.17) is 18.0 Å². The molecule has 0 aliphatic heterocycles. The van der Waals surface area contributed by atoms with Gasteiger partial charge in [0.1, 0.15) is 0 Å². The maximum Gasteiger partial charge on any atom is 0.245 e. The summed E-state index contributed by atoms with van der Waals surface area (Å²) in [6, 6.07) is 22.0. The van der Waals surface area contributed by atoms with Gasteiger partial charge in [-0.1, -0.05) is 53.3 Å². The zero-order valence-corrected chi connectivity index (χ0v) is 11.6. The Kier molecular flexibility index (Phi) is 3.31. The van der Waals surface area contributed by atoms with E-state index in [1.54, 1.807) is 0 Å². The smallest absolute Gasteiger partial charge is 0.245 e. The van der Waals surface area contributed by atoms with E-state index < -0.39 is 0 Å². The summed E-state index contributed by atoms with van der Waals surface area (Å²) in [4.78, 5) is 0. The lowest BCUT2D eigenvalue weighted by Crippen LogP contribution is -2.38. The number of aromatic amines is 1. The van der Waals surface area contributed by atoms with Crippen molar-refractivity contribution in [2.75, 3.05) is 5.73 Å². The molecule has 0 amide bonds. The molecule has 1 heterocycles. The summed E-state index contributed by atoms with van der Waals surface area (Å²) in [6.45, 7) is 0. The molecule has 3 N–H and O–H groups in total. The quantitative estimate of drug-likeness (QED) is 0.559. The fourth-order valence-corrected chi connectivity index (χ4v) is 2.26. The second-order valence-electron chi connectivity index (χ2n) is 4.46. The van der Waals surface area contributed by atoms with Gasteiger partial charge in [0, 0.05) is 23.8 Å². The average Bonchev–Trinajstić information content (AvgIpc) is 2.51. The lowest BCUT2D eigenvalue weighted by atomic mass is 10.1. The molecule has 2 aromatic carbocycles. The monoisotopic (exact) mass is 280 g/mol. The molecule has 0 radical (unpaired) electrons. The van der Waals surface area contributed by atoms with Gasteiger partial charge >= 0.3 is 0 Å². The van der Waals surface area contributed by atoms with Crippen LogP contribution in [0, 0.1) is 4.64 Å². The predicted molar refractivity (Wildman–Crippen MR) is 83.0 cm³/mol. The van der Waals surface area contributed by atoms with Crippen LogP contribution in [0.1, 0.15) is 0 Å². The number of anilines is 1. The molecule has 3 aromatic rings. The molecule has 4 heteroatoms. The Bertz CT molecular complexity index is 780. The minimum Gasteiger partial charge on any atom is -0.396 e. The van der Waals surface area contributed by atoms with Crippen LogP contribution in [0.25, 0.3) is 16.9 Å². The van der Waals surface area contributed by atoms with Gasteiger partial charge in [-0.05, 0) is 12.1 Å². The Hall–Kier alpha value is -2.46. The molecule has 0 saturated carbocycles. The van der Waals surface area contributed by atoms with Gasteiger partial charge in [0.05, 0.1) is 5.69 Å². The van der Waals surface area contributed by atoms with Gasteiger partial charge in [0.2, 0.25) is 11.4 Å². The Morgan fingerprint density at radius 1 is 0.900 bits per heavy atom. The number of hydrogen-bond acceptors (Lipinski definition) is 2. The molecule has 0 aliphatic rings. The van der Waals surface area contributed by atoms with Crippen LogP contribution in [0.2, 0.25) is 0 Å². The molecular formula is C16H14N3S+. The molecule has 0 atom stereocenters. The summed E-state index contributed by atoms with van der Waals surface area (Å²) in [5.41, 5.74) is 9.60. The number of para-hydroxylation sites is 1. The standard InChI is InChI=1S/C16H13N3S/c17-14-11-15(12-7-3-1-4-8-12)19(18-16(14)20)13-9-5-2-6-10-13/h1-11,17H,(H,18,20)/p+1. The van der Waals surface area contributed by atoms with Crippen LogP contribution in [-0.2, 0) is 0 Å². The number of nitrogen functional groups attached to an aromatic ring is 1. The van der Waals surface area contributed by atoms with Crippen molar-refractivity contribution in [2.45, 2.75) is 0 Å². The van der Waals surface area contributed by atoms with Crippen LogP contribution >= 0.6 is 12.2 Å². The lowest BCUT2D eigenvalue weighted by Gasteiger charge is -2.04. The zero-order valence-electron chi connectivity index (χ0n) is 10.8. The van der Waals surface area contributed by atoms with Gasteiger partial charge in [0.25, 0.3) is 0 Å². The van der Waals surface area contributed by atoms with Crippen LogP contribution in [0.4, 0.5) is 5.69 Å². The van der Waals surface area contributed by atoms with Crippen molar-refractivity contribution in [3.8, 4) is 16.9 Å². The number of aromatic nitrogens is 2. The minimum absolute atomic E-state index is 0.536. The van der Waals surface area contributed by atoms with E-state index in [0.717, 1.165) is 16.9 Å². The van der Waals surface area contributed by atoms with Crippen LogP contribution in [0.5, 0.6) is 0 Å². The molecule has 0 aliphatic carbocycles. The summed E-state index contributed by atoms with van der Waals surface area (Å²) in [5, 5.41) is 3.17. The van der Waals surface area contributed by atoms with Gasteiger partial charge in [-0.15, -0.1) is 5.10 Å². The Morgan fingerprint density at radius 3 is 2.15 bits per heavy atom. The summed E-state index contributed by atoms with van der Waals surface area (Å²) >= 11 is 5.25. The predicted octanol–water partition coefficient (Wildman–Crippen LogP) is 3.27. The van der Waals surface area contributed by atoms with Crippen molar-refractivity contribution in [1.29, 1.82) is 0 Å². The van der Waals surface area contributed by atoms with Gasteiger partial charge in [0.15, 0.2) is 4.64 Å². The second kappa shape index (κ2) is 5.27. The third kappa shape index (κ3) is 2.33. The number of nitrogens with two attached hydrogens (primary N) is 1. The highest BCUT2D eigenvalue weighted by atomic mass is 32.1. The van der Waals surface area contributed by atoms with Crippen molar-refractivity contribution in [1.82, 2.24) is 5.10 Å². The summed E-state index contributed by atoms with van der Waals surface area (Å²) in [7, 11) is 0. The molecule has 0 spiro atoms. The van der Waals surface area contributed by atoms with Crippen molar-refractivity contribution >= 4 is 17.9 Å². The van der Waals surface area contributed by atoms with Crippen LogP contribution in [-0.4, -0.2) is 5.10 Å². The van der Waals surface area contributed by atoms with E-state index in [0.29, 0.717) is 10.3 Å². The number of H-pyrrole nitrogens is 1. The number of benzene rings is 2. The first-order chi connectivity index (χ1) is 9.75. The number of nitrogens with one attached hydrogen (secondary N) is 1. The summed E-state index contributed by atoms with van der Waals surface area (Å²) in [6.07, 6.45) is 0. The highest BCUT2D eigenvalue weighted by Gasteiger charge is 2.17. The number of nitrogens with zero attached hydrogens (tertiary/aromatic N) is 1. The SMILES string of the molecule is Nc1cc(-c2ccccc2)[n+](-c2ccccc2)[nH]c1=S. The minimum atomic E-state index is 0.536. The molecule has 20 heavy (non-hydrogen) atoms. The zero-order chi connectivity index (χ0) is 13.9. The van der Waals surface area contributed by atoms with E-state index in [1.165, 1.54) is 0 Å². The molecule has 0 bridgehead atoms. The first kappa shape index (κ1) is 12.6. The van der Waals surface area contributed by atoms with E-state index in [-0.39, 0.29) is 0 Å². The molecule has 0 fully saturated rings. The molecule has 3 rings (SSSR count). The van der Waals surface area contributed by atoms with Gasteiger partial charge in [-0.25, -0.2) is 0 Å². The number of hydrogen-bond donors (Lipinski definition) is 2. The fourth-order valence-electron chi connectivity index (χ4n) is 2.11. The number of rotatable bonds is 2. The lowest BCUT2D eigenvalue weighted by molar-refractivity contribution is -0.649. The topological polar surface area (TPSA) is 45.7 Å². The molecular weight excluding hydrogens is 266 g/mol. The van der Waals surface area contributed by atoms with Crippen LogP contribution in [0.3, 0.4) is 0 Å². The molecule has 0 saturated heterocycles. The Balaban J connectivity index is 2.29. The largest absolute Gasteiger partial charge is 0.396 e. The first-order valence-corrected chi connectivity index (χ1v) is 6.72. The molecule has 0 unspecified atom stereocenters. The highest BCUT2D eigenvalue weighted by Crippen LogP contribution is 2.18. The third-order valence-electron chi connectivity index (χ3n) is 3.09. The molecule has 98 valence electrons. The third-order valence-corrected chi connectivity index (χ3v) is 3.42. The summed E-state index contributed by atoms with van der Waals surface area (Å²) in [5.74, 6) is 0. The van der Waals surface area contributed by atoms with Crippen molar-refractivity contribution in [3.63, 3.8) is 0 Å². The van der Waals surface area contributed by atoms with Gasteiger partial charge in [-0.3, -0.25) is 0 Å². The summed E-state index contributed by atoms with van der Waals surface area (Å²) < 4.78 is 2.49. The average molecular weight is 280 g/mol. The van der Waals surface area contributed by atoms with E-state index in [1.807, 2.05) is 71.4 Å². The normalized spacial score (nSPS) is 10.4. The second-order valence-corrected chi connectivity index (χ2v) is 4.87. The van der Waals surface area contributed by atoms with Crippen LogP contribution in [0.15, 0.2) is 66.7 Å². The maximum atomic E-state index is 5.96. The van der Waals surface area contributed by atoms with E-state index in [2.05, 4.69) is 5.10 Å². The van der Waals surface area contributed by atoms with E-state index in [9.17, 15) is 0 Å². The van der Waals surface area contributed by atoms with Gasteiger partial charge < -0.3 is 5.73 Å².